The number of aromatic nitrogens is 2. The summed E-state index contributed by atoms with van der Waals surface area (Å²) in [5.41, 5.74) is 18.8. The largest absolute Gasteiger partial charge is 0.508 e. The molecule has 10 aromatic rings. The molecule has 0 radical (unpaired) electrons. The highest BCUT2D eigenvalue weighted by atomic mass is 16.3. The number of phenols is 2. The summed E-state index contributed by atoms with van der Waals surface area (Å²) in [6, 6.07) is 56.0. The van der Waals surface area contributed by atoms with Crippen LogP contribution >= 0.6 is 0 Å². The van der Waals surface area contributed by atoms with E-state index in [1.165, 1.54) is 66.1 Å². The second-order valence-corrected chi connectivity index (χ2v) is 17.3. The van der Waals surface area contributed by atoms with Gasteiger partial charge in [0.1, 0.15) is 11.5 Å². The molecule has 58 heavy (non-hydrogen) atoms. The van der Waals surface area contributed by atoms with Crippen molar-refractivity contribution in [3.05, 3.63) is 180 Å². The van der Waals surface area contributed by atoms with Crippen LogP contribution in [-0.4, -0.2) is 19.3 Å². The van der Waals surface area contributed by atoms with Crippen molar-refractivity contribution < 1.29 is 10.2 Å². The molecule has 2 aliphatic carbocycles. The first kappa shape index (κ1) is 33.1. The second kappa shape index (κ2) is 11.3. The van der Waals surface area contributed by atoms with Crippen LogP contribution in [0.3, 0.4) is 0 Å². The van der Waals surface area contributed by atoms with Crippen LogP contribution in [0.25, 0.3) is 88.4 Å². The molecule has 0 atom stereocenters. The third-order valence-electron chi connectivity index (χ3n) is 13.4. The number of rotatable bonds is 3. The zero-order valence-corrected chi connectivity index (χ0v) is 32.8. The van der Waals surface area contributed by atoms with Crippen LogP contribution in [0.5, 0.6) is 11.5 Å². The minimum Gasteiger partial charge on any atom is -0.508 e. The fourth-order valence-corrected chi connectivity index (χ4v) is 10.6. The number of hydrogen-bond acceptors (Lipinski definition) is 2. The lowest BCUT2D eigenvalue weighted by atomic mass is 9.82. The van der Waals surface area contributed by atoms with E-state index in [1.54, 1.807) is 12.1 Å². The highest BCUT2D eigenvalue weighted by Crippen LogP contribution is 2.53. The molecule has 0 bridgehead atoms. The Kier molecular flexibility index (Phi) is 6.45. The fourth-order valence-electron chi connectivity index (χ4n) is 10.6. The highest BCUT2D eigenvalue weighted by Gasteiger charge is 2.37. The molecule has 0 saturated heterocycles. The Morgan fingerprint density at radius 3 is 1.19 bits per heavy atom. The minimum atomic E-state index is -0.142. The van der Waals surface area contributed by atoms with E-state index in [0.29, 0.717) is 0 Å². The van der Waals surface area contributed by atoms with E-state index in [2.05, 4.69) is 158 Å². The smallest absolute Gasteiger partial charge is 0.117 e. The van der Waals surface area contributed by atoms with E-state index in [4.69, 9.17) is 0 Å². The van der Waals surface area contributed by atoms with Gasteiger partial charge in [-0.3, -0.25) is 0 Å². The van der Waals surface area contributed by atoms with Gasteiger partial charge in [-0.05, 0) is 128 Å². The maximum absolute atomic E-state index is 10.7. The predicted octanol–water partition coefficient (Wildman–Crippen LogP) is 13.6. The monoisotopic (exact) mass is 748 g/mol. The standard InChI is InChI=1S/C54H40N2O2/c1-53(2)45-17-7-5-15-37(45)39-27-43-41-23-31(19-21-49(41)55(51(43)29-47(39)53)33-11-9-13-35(57)25-33)32-20-22-50-42(24-32)44-28-40-38-16-6-8-18-46(38)54(3,4)48(40)30-52(44)56(50)34-12-10-14-36(58)26-34/h5-30,57-58H,1-4H3. The lowest BCUT2D eigenvalue weighted by Crippen LogP contribution is -2.14. The Morgan fingerprint density at radius 1 is 0.345 bits per heavy atom. The molecule has 0 saturated carbocycles. The maximum atomic E-state index is 10.7. The van der Waals surface area contributed by atoms with Gasteiger partial charge in [0.15, 0.2) is 0 Å². The SMILES string of the molecule is CC1(C)c2ccccc2-c2cc3c4cc(-c5ccc6c(c5)c5cc7c(cc5n6-c5cccc(O)c5)C(C)(C)c5ccccc5-7)ccc4n(-c4cccc(O)c4)c3cc21. The molecule has 0 unspecified atom stereocenters. The molecule has 4 nitrogen and oxygen atoms in total. The summed E-state index contributed by atoms with van der Waals surface area (Å²) >= 11 is 0. The summed E-state index contributed by atoms with van der Waals surface area (Å²) in [6.07, 6.45) is 0. The van der Waals surface area contributed by atoms with Crippen molar-refractivity contribution in [1.29, 1.82) is 0 Å². The quantitative estimate of drug-likeness (QED) is 0.189. The van der Waals surface area contributed by atoms with Crippen LogP contribution < -0.4 is 0 Å². The van der Waals surface area contributed by atoms with Crippen molar-refractivity contribution in [2.75, 3.05) is 0 Å². The number of fused-ring (bicyclic) bond motifs is 12. The Bertz CT molecular complexity index is 3200. The third-order valence-corrected chi connectivity index (χ3v) is 13.4. The molecule has 8 aromatic carbocycles. The Labute approximate surface area is 336 Å². The van der Waals surface area contributed by atoms with Crippen LogP contribution in [0.1, 0.15) is 49.9 Å². The third kappa shape index (κ3) is 4.35. The van der Waals surface area contributed by atoms with Crippen molar-refractivity contribution in [2.24, 2.45) is 0 Å². The first-order valence-corrected chi connectivity index (χ1v) is 20.1. The van der Waals surface area contributed by atoms with Crippen LogP contribution in [0.4, 0.5) is 0 Å². The lowest BCUT2D eigenvalue weighted by Gasteiger charge is -2.21. The molecule has 278 valence electrons. The molecule has 0 spiro atoms. The van der Waals surface area contributed by atoms with Gasteiger partial charge in [0.25, 0.3) is 0 Å². The van der Waals surface area contributed by atoms with Crippen LogP contribution in [0.2, 0.25) is 0 Å². The molecule has 0 fully saturated rings. The van der Waals surface area contributed by atoms with Gasteiger partial charge in [-0.1, -0.05) is 100 Å². The number of benzene rings is 8. The van der Waals surface area contributed by atoms with Gasteiger partial charge in [-0.2, -0.15) is 0 Å². The van der Waals surface area contributed by atoms with Crippen LogP contribution in [-0.2, 0) is 10.8 Å². The zero-order chi connectivity index (χ0) is 39.2. The van der Waals surface area contributed by atoms with E-state index in [0.717, 1.165) is 44.6 Å². The topological polar surface area (TPSA) is 50.3 Å². The van der Waals surface area contributed by atoms with Gasteiger partial charge in [0, 0.05) is 55.9 Å². The summed E-state index contributed by atoms with van der Waals surface area (Å²) in [5, 5.41) is 26.0. The van der Waals surface area contributed by atoms with E-state index in [-0.39, 0.29) is 22.3 Å². The fraction of sp³-hybridized carbons (Fsp3) is 0.111. The van der Waals surface area contributed by atoms with Gasteiger partial charge in [0.05, 0.1) is 22.1 Å². The van der Waals surface area contributed by atoms with Gasteiger partial charge in [0.2, 0.25) is 0 Å². The summed E-state index contributed by atoms with van der Waals surface area (Å²) in [5.74, 6) is 0.489. The number of aromatic hydroxyl groups is 2. The summed E-state index contributed by atoms with van der Waals surface area (Å²) in [6.45, 7) is 9.30. The maximum Gasteiger partial charge on any atom is 0.117 e. The average Bonchev–Trinajstić information content (AvgIpc) is 3.87. The summed E-state index contributed by atoms with van der Waals surface area (Å²) in [4.78, 5) is 0. The Hall–Kier alpha value is -7.04. The normalized spacial score (nSPS) is 14.6. The van der Waals surface area contributed by atoms with E-state index in [9.17, 15) is 10.2 Å². The van der Waals surface area contributed by atoms with Gasteiger partial charge in [-0.25, -0.2) is 0 Å². The van der Waals surface area contributed by atoms with E-state index < -0.39 is 0 Å². The van der Waals surface area contributed by atoms with Crippen molar-refractivity contribution in [3.63, 3.8) is 0 Å². The lowest BCUT2D eigenvalue weighted by molar-refractivity contribution is 0.474. The predicted molar refractivity (Wildman–Crippen MR) is 239 cm³/mol. The van der Waals surface area contributed by atoms with Crippen LogP contribution in [0.15, 0.2) is 158 Å². The first-order chi connectivity index (χ1) is 28.1. The van der Waals surface area contributed by atoms with Gasteiger partial charge in [-0.15, -0.1) is 0 Å². The van der Waals surface area contributed by atoms with Crippen molar-refractivity contribution in [1.82, 2.24) is 9.13 Å². The molecule has 2 heterocycles. The average molecular weight is 749 g/mol. The molecule has 2 aliphatic rings. The van der Waals surface area contributed by atoms with Crippen molar-refractivity contribution in [2.45, 2.75) is 38.5 Å². The summed E-state index contributed by atoms with van der Waals surface area (Å²) in [7, 11) is 0. The van der Waals surface area contributed by atoms with Crippen molar-refractivity contribution >= 4 is 43.6 Å². The second-order valence-electron chi connectivity index (χ2n) is 17.3. The Morgan fingerprint density at radius 2 is 0.759 bits per heavy atom. The number of phenolic OH excluding ortho intramolecular Hbond substituents is 2. The molecule has 12 rings (SSSR count). The van der Waals surface area contributed by atoms with Gasteiger partial charge >= 0.3 is 0 Å². The zero-order valence-electron chi connectivity index (χ0n) is 32.8. The molecule has 2 N–H and O–H groups in total. The molecule has 0 amide bonds. The first-order valence-electron chi connectivity index (χ1n) is 20.1. The van der Waals surface area contributed by atoms with Crippen LogP contribution in [0, 0.1) is 0 Å². The van der Waals surface area contributed by atoms with Crippen molar-refractivity contribution in [3.8, 4) is 56.3 Å². The molecule has 4 heteroatoms. The minimum absolute atomic E-state index is 0.142. The molecule has 2 aromatic heterocycles. The van der Waals surface area contributed by atoms with E-state index >= 15 is 0 Å². The Balaban J connectivity index is 1.12. The number of hydrogen-bond donors (Lipinski definition) is 2. The molecule has 0 aliphatic heterocycles. The van der Waals surface area contributed by atoms with E-state index in [1.807, 2.05) is 24.3 Å². The van der Waals surface area contributed by atoms with Gasteiger partial charge < -0.3 is 19.3 Å². The highest BCUT2D eigenvalue weighted by molar-refractivity contribution is 6.15. The molecular weight excluding hydrogens is 709 g/mol. The summed E-state index contributed by atoms with van der Waals surface area (Å²) < 4.78 is 4.61. The number of nitrogens with zero attached hydrogens (tertiary/aromatic N) is 2. The molecular formula is C54H40N2O2.